The monoisotopic (exact) mass is 407 g/mol. The molecule has 0 atom stereocenters. The summed E-state index contributed by atoms with van der Waals surface area (Å²) in [5, 5.41) is 7.35. The van der Waals surface area contributed by atoms with Gasteiger partial charge in [-0.05, 0) is 43.3 Å². The highest BCUT2D eigenvalue weighted by Crippen LogP contribution is 2.24. The number of rotatable bonds is 8. The molecule has 0 aliphatic heterocycles. The number of imide groups is 1. The summed E-state index contributed by atoms with van der Waals surface area (Å²) in [6.07, 6.45) is 0. The Kier molecular flexibility index (Phi) is 7.89. The Morgan fingerprint density at radius 3 is 2.38 bits per heavy atom. The van der Waals surface area contributed by atoms with Crippen molar-refractivity contribution in [1.29, 1.82) is 0 Å². The first kappa shape index (κ1) is 21.6. The number of esters is 1. The third-order valence-electron chi connectivity index (χ3n) is 3.43. The fourth-order valence-corrected chi connectivity index (χ4v) is 2.22. The van der Waals surface area contributed by atoms with Gasteiger partial charge in [0.2, 0.25) is 0 Å². The number of hydrogen-bond acceptors (Lipinski definition) is 6. The van der Waals surface area contributed by atoms with Crippen molar-refractivity contribution in [3.05, 3.63) is 54.1 Å². The first-order chi connectivity index (χ1) is 13.9. The number of halogens is 2. The fourth-order valence-electron chi connectivity index (χ4n) is 2.22. The molecule has 29 heavy (non-hydrogen) atoms. The molecule has 0 spiro atoms. The Morgan fingerprint density at radius 1 is 1.03 bits per heavy atom. The lowest BCUT2D eigenvalue weighted by molar-refractivity contribution is -0.123. The van der Waals surface area contributed by atoms with Crippen LogP contribution in [0.1, 0.15) is 17.3 Å². The second-order valence-corrected chi connectivity index (χ2v) is 5.56. The largest absolute Gasteiger partial charge is 0.452 e. The van der Waals surface area contributed by atoms with Crippen LogP contribution < -0.4 is 20.7 Å². The molecule has 154 valence electrons. The van der Waals surface area contributed by atoms with Gasteiger partial charge < -0.3 is 20.1 Å². The van der Waals surface area contributed by atoms with Crippen LogP contribution in [0.25, 0.3) is 0 Å². The van der Waals surface area contributed by atoms with Crippen LogP contribution in [-0.2, 0) is 9.53 Å². The van der Waals surface area contributed by atoms with E-state index < -0.39 is 31.1 Å². The van der Waals surface area contributed by atoms with Crippen molar-refractivity contribution in [2.24, 2.45) is 0 Å². The number of nitrogens with one attached hydrogen (secondary N) is 3. The summed E-state index contributed by atoms with van der Waals surface area (Å²) in [6.45, 7) is -1.53. The Bertz CT molecular complexity index is 859. The van der Waals surface area contributed by atoms with Gasteiger partial charge in [-0.3, -0.25) is 10.1 Å². The molecule has 0 aromatic heterocycles. The highest BCUT2D eigenvalue weighted by Gasteiger charge is 2.15. The highest BCUT2D eigenvalue weighted by molar-refractivity contribution is 5.99. The number of benzene rings is 2. The van der Waals surface area contributed by atoms with Gasteiger partial charge in [-0.15, -0.1) is 0 Å². The molecule has 2 rings (SSSR count). The van der Waals surface area contributed by atoms with E-state index in [1.54, 1.807) is 25.1 Å². The summed E-state index contributed by atoms with van der Waals surface area (Å²) >= 11 is 0. The third kappa shape index (κ3) is 7.09. The van der Waals surface area contributed by atoms with E-state index in [0.29, 0.717) is 17.9 Å². The van der Waals surface area contributed by atoms with E-state index in [9.17, 15) is 23.2 Å². The molecule has 3 N–H and O–H groups in total. The smallest absolute Gasteiger partial charge is 0.387 e. The van der Waals surface area contributed by atoms with E-state index in [4.69, 9.17) is 4.74 Å². The first-order valence-corrected chi connectivity index (χ1v) is 8.54. The lowest BCUT2D eigenvalue weighted by Crippen LogP contribution is -2.41. The molecule has 0 aliphatic rings. The van der Waals surface area contributed by atoms with Gasteiger partial charge >= 0.3 is 18.6 Å². The third-order valence-corrected chi connectivity index (χ3v) is 3.43. The summed E-state index contributed by atoms with van der Waals surface area (Å²) in [7, 11) is 0. The van der Waals surface area contributed by atoms with Crippen LogP contribution >= 0.6 is 0 Å². The Morgan fingerprint density at radius 2 is 1.72 bits per heavy atom. The number of anilines is 2. The van der Waals surface area contributed by atoms with Crippen molar-refractivity contribution < 1.29 is 32.6 Å². The molecular weight excluding hydrogens is 388 g/mol. The molecule has 0 unspecified atom stereocenters. The number of amides is 3. The molecule has 0 aliphatic carbocycles. The molecule has 0 fully saturated rings. The maximum Gasteiger partial charge on any atom is 0.387 e. The number of para-hydroxylation sites is 1. The predicted octanol–water partition coefficient (Wildman–Crippen LogP) is 3.03. The van der Waals surface area contributed by atoms with Crippen molar-refractivity contribution in [2.45, 2.75) is 13.5 Å². The van der Waals surface area contributed by atoms with Crippen molar-refractivity contribution in [3.8, 4) is 5.75 Å². The topological polar surface area (TPSA) is 106 Å². The Labute approximate surface area is 165 Å². The molecule has 0 heterocycles. The molecule has 10 heteroatoms. The lowest BCUT2D eigenvalue weighted by atomic mass is 10.1. The zero-order valence-corrected chi connectivity index (χ0v) is 15.4. The molecular formula is C19H19F2N3O5. The quantitative estimate of drug-likeness (QED) is 0.581. The van der Waals surface area contributed by atoms with Gasteiger partial charge in [-0.1, -0.05) is 12.1 Å². The zero-order valence-electron chi connectivity index (χ0n) is 15.4. The molecule has 0 saturated carbocycles. The maximum absolute atomic E-state index is 12.3. The van der Waals surface area contributed by atoms with E-state index in [0.717, 1.165) is 0 Å². The average Bonchev–Trinajstić information content (AvgIpc) is 2.68. The second-order valence-electron chi connectivity index (χ2n) is 5.56. The Balaban J connectivity index is 1.99. The molecule has 0 bridgehead atoms. The highest BCUT2D eigenvalue weighted by atomic mass is 19.3. The van der Waals surface area contributed by atoms with Crippen LogP contribution in [0.2, 0.25) is 0 Å². The van der Waals surface area contributed by atoms with Crippen molar-refractivity contribution in [2.75, 3.05) is 18.5 Å². The van der Waals surface area contributed by atoms with Gasteiger partial charge in [0.05, 0.1) is 11.3 Å². The summed E-state index contributed by atoms with van der Waals surface area (Å²) < 4.78 is 33.6. The van der Waals surface area contributed by atoms with Gasteiger partial charge in [-0.2, -0.15) is 8.78 Å². The minimum absolute atomic E-state index is 0.00336. The minimum atomic E-state index is -2.92. The van der Waals surface area contributed by atoms with Gasteiger partial charge in [0, 0.05) is 12.2 Å². The predicted molar refractivity (Wildman–Crippen MR) is 100 cm³/mol. The molecule has 3 amide bonds. The van der Waals surface area contributed by atoms with E-state index in [1.165, 1.54) is 30.3 Å². The van der Waals surface area contributed by atoms with Crippen LogP contribution in [-0.4, -0.2) is 37.7 Å². The van der Waals surface area contributed by atoms with Gasteiger partial charge in [-0.25, -0.2) is 9.59 Å². The molecule has 0 saturated heterocycles. The van der Waals surface area contributed by atoms with Gasteiger partial charge in [0.1, 0.15) is 5.75 Å². The Hall–Kier alpha value is -3.69. The van der Waals surface area contributed by atoms with Crippen LogP contribution in [0.5, 0.6) is 5.75 Å². The molecule has 2 aromatic rings. The molecule has 2 aromatic carbocycles. The number of carbonyl (C=O) groups excluding carboxylic acids is 3. The first-order valence-electron chi connectivity index (χ1n) is 8.54. The van der Waals surface area contributed by atoms with Crippen LogP contribution in [0.15, 0.2) is 48.5 Å². The average molecular weight is 407 g/mol. The number of hydrogen-bond donors (Lipinski definition) is 3. The van der Waals surface area contributed by atoms with E-state index in [1.807, 2.05) is 5.32 Å². The fraction of sp³-hybridized carbons (Fsp3) is 0.211. The van der Waals surface area contributed by atoms with Gasteiger partial charge in [0.15, 0.2) is 6.61 Å². The molecule has 0 radical (unpaired) electrons. The lowest BCUT2D eigenvalue weighted by Gasteiger charge is -2.12. The minimum Gasteiger partial charge on any atom is -0.452 e. The van der Waals surface area contributed by atoms with E-state index in [2.05, 4.69) is 15.4 Å². The summed E-state index contributed by atoms with van der Waals surface area (Å²) in [4.78, 5) is 35.2. The summed E-state index contributed by atoms with van der Waals surface area (Å²) in [5.41, 5.74) is 1.04. The standard InChI is InChI=1S/C19H19F2N3O5/c1-2-22-19(27)24-16(25)11-28-17(26)14-5-3-4-6-15(14)23-12-7-9-13(10-8-12)29-18(20)21/h3-10,18,23H,2,11H2,1H3,(H2,22,24,25,27). The van der Waals surface area contributed by atoms with Crippen LogP contribution in [0.4, 0.5) is 25.0 Å². The van der Waals surface area contributed by atoms with Crippen LogP contribution in [0.3, 0.4) is 0 Å². The normalized spacial score (nSPS) is 10.2. The van der Waals surface area contributed by atoms with Crippen molar-refractivity contribution in [1.82, 2.24) is 10.6 Å². The number of ether oxygens (including phenoxy) is 2. The summed E-state index contributed by atoms with van der Waals surface area (Å²) in [5.74, 6) is -1.56. The number of carbonyl (C=O) groups is 3. The molecule has 8 nitrogen and oxygen atoms in total. The van der Waals surface area contributed by atoms with Crippen molar-refractivity contribution >= 4 is 29.3 Å². The van der Waals surface area contributed by atoms with Gasteiger partial charge in [0.25, 0.3) is 5.91 Å². The zero-order chi connectivity index (χ0) is 21.2. The number of urea groups is 1. The van der Waals surface area contributed by atoms with E-state index >= 15 is 0 Å². The second kappa shape index (κ2) is 10.6. The van der Waals surface area contributed by atoms with E-state index in [-0.39, 0.29) is 11.3 Å². The number of alkyl halides is 2. The maximum atomic E-state index is 12.3. The van der Waals surface area contributed by atoms with Crippen molar-refractivity contribution in [3.63, 3.8) is 0 Å². The van der Waals surface area contributed by atoms with Crippen LogP contribution in [0, 0.1) is 0 Å². The SMILES string of the molecule is CCNC(=O)NC(=O)COC(=O)c1ccccc1Nc1ccc(OC(F)F)cc1. The summed E-state index contributed by atoms with van der Waals surface area (Å²) in [6, 6.07) is 11.4.